The molecule has 0 unspecified atom stereocenters. The Balaban J connectivity index is 2.01. The average molecular weight is 254 g/mol. The molecule has 4 heteroatoms. The van der Waals surface area contributed by atoms with Gasteiger partial charge in [0.05, 0.1) is 0 Å². The second kappa shape index (κ2) is 4.96. The predicted octanol–water partition coefficient (Wildman–Crippen LogP) is 3.09. The molecule has 0 aliphatic heterocycles. The van der Waals surface area contributed by atoms with E-state index in [2.05, 4.69) is 34.0 Å². The Bertz CT molecular complexity index is 588. The third-order valence-electron chi connectivity index (χ3n) is 3.67. The zero-order chi connectivity index (χ0) is 13.2. The fraction of sp³-hybridized carbons (Fsp3) is 0.400. The Morgan fingerprint density at radius 1 is 1.11 bits per heavy atom. The minimum Gasteiger partial charge on any atom is -0.368 e. The molecular formula is C15H18N4. The van der Waals surface area contributed by atoms with Gasteiger partial charge in [-0.2, -0.15) is 9.97 Å². The molecule has 0 bridgehead atoms. The van der Waals surface area contributed by atoms with Gasteiger partial charge in [0, 0.05) is 11.5 Å². The predicted molar refractivity (Wildman–Crippen MR) is 75.6 cm³/mol. The first kappa shape index (κ1) is 12.1. The first-order chi connectivity index (χ1) is 9.22. The van der Waals surface area contributed by atoms with E-state index >= 15 is 0 Å². The van der Waals surface area contributed by atoms with Crippen LogP contribution in [0.5, 0.6) is 0 Å². The molecule has 1 aliphatic carbocycles. The Hall–Kier alpha value is -1.97. The fourth-order valence-electron chi connectivity index (χ4n) is 2.69. The topological polar surface area (TPSA) is 64.7 Å². The van der Waals surface area contributed by atoms with E-state index in [0.29, 0.717) is 17.7 Å². The number of benzene rings is 1. The Morgan fingerprint density at radius 2 is 1.89 bits per heavy atom. The van der Waals surface area contributed by atoms with Crippen molar-refractivity contribution in [2.24, 2.45) is 0 Å². The van der Waals surface area contributed by atoms with Crippen LogP contribution in [0.2, 0.25) is 0 Å². The van der Waals surface area contributed by atoms with Gasteiger partial charge >= 0.3 is 0 Å². The van der Waals surface area contributed by atoms with Crippen molar-refractivity contribution in [1.29, 1.82) is 0 Å². The minimum atomic E-state index is 0.327. The Kier molecular flexibility index (Phi) is 3.15. The lowest BCUT2D eigenvalue weighted by Crippen LogP contribution is -2.07. The van der Waals surface area contributed by atoms with Gasteiger partial charge in [0.15, 0.2) is 5.82 Å². The molecule has 0 amide bonds. The van der Waals surface area contributed by atoms with Gasteiger partial charge in [-0.1, -0.05) is 36.6 Å². The van der Waals surface area contributed by atoms with E-state index in [1.807, 2.05) is 12.1 Å². The summed E-state index contributed by atoms with van der Waals surface area (Å²) in [6.07, 6.45) is 4.85. The van der Waals surface area contributed by atoms with Crippen molar-refractivity contribution in [2.75, 3.05) is 5.73 Å². The molecule has 1 aromatic heterocycles. The molecule has 1 aliphatic rings. The molecule has 3 rings (SSSR count). The number of nitrogens with zero attached hydrogens (tertiary/aromatic N) is 3. The molecule has 0 saturated heterocycles. The van der Waals surface area contributed by atoms with E-state index in [0.717, 1.165) is 24.2 Å². The van der Waals surface area contributed by atoms with Crippen LogP contribution in [0, 0.1) is 6.92 Å². The summed E-state index contributed by atoms with van der Waals surface area (Å²) in [6.45, 7) is 2.06. The third-order valence-corrected chi connectivity index (χ3v) is 3.67. The van der Waals surface area contributed by atoms with E-state index in [-0.39, 0.29) is 0 Å². The molecule has 2 aromatic rings. The molecule has 1 saturated carbocycles. The molecule has 19 heavy (non-hydrogen) atoms. The number of anilines is 1. The summed E-state index contributed by atoms with van der Waals surface area (Å²) in [6, 6.07) is 8.17. The zero-order valence-corrected chi connectivity index (χ0v) is 11.1. The van der Waals surface area contributed by atoms with Gasteiger partial charge in [-0.15, -0.1) is 0 Å². The second-order valence-electron chi connectivity index (χ2n) is 5.23. The SMILES string of the molecule is Cc1cccc(-c2nc(N)nc(C3CCCC3)n2)c1. The van der Waals surface area contributed by atoms with Crippen molar-refractivity contribution in [3.8, 4) is 11.4 Å². The normalized spacial score (nSPS) is 15.8. The second-order valence-corrected chi connectivity index (χ2v) is 5.23. The van der Waals surface area contributed by atoms with Crippen LogP contribution in [0.4, 0.5) is 5.95 Å². The maximum atomic E-state index is 5.84. The molecule has 0 atom stereocenters. The summed E-state index contributed by atoms with van der Waals surface area (Å²) in [5, 5.41) is 0. The summed E-state index contributed by atoms with van der Waals surface area (Å²) in [4.78, 5) is 13.2. The molecule has 1 fully saturated rings. The van der Waals surface area contributed by atoms with E-state index in [1.54, 1.807) is 0 Å². The van der Waals surface area contributed by atoms with Crippen molar-refractivity contribution < 1.29 is 0 Å². The maximum Gasteiger partial charge on any atom is 0.223 e. The quantitative estimate of drug-likeness (QED) is 0.894. The maximum absolute atomic E-state index is 5.84. The lowest BCUT2D eigenvalue weighted by atomic mass is 10.1. The van der Waals surface area contributed by atoms with E-state index in [9.17, 15) is 0 Å². The molecule has 1 heterocycles. The first-order valence-electron chi connectivity index (χ1n) is 6.81. The smallest absolute Gasteiger partial charge is 0.223 e. The van der Waals surface area contributed by atoms with Gasteiger partial charge in [-0.3, -0.25) is 0 Å². The van der Waals surface area contributed by atoms with Crippen LogP contribution in [0.1, 0.15) is 43.0 Å². The summed E-state index contributed by atoms with van der Waals surface area (Å²) in [5.41, 5.74) is 8.04. The van der Waals surface area contributed by atoms with Crippen LogP contribution in [0.25, 0.3) is 11.4 Å². The molecular weight excluding hydrogens is 236 g/mol. The lowest BCUT2D eigenvalue weighted by molar-refractivity contribution is 0.665. The van der Waals surface area contributed by atoms with Crippen LogP contribution >= 0.6 is 0 Å². The highest BCUT2D eigenvalue weighted by Crippen LogP contribution is 2.32. The number of aryl methyl sites for hydroxylation is 1. The van der Waals surface area contributed by atoms with Crippen LogP contribution in [0.3, 0.4) is 0 Å². The van der Waals surface area contributed by atoms with Crippen molar-refractivity contribution in [3.05, 3.63) is 35.7 Å². The fourth-order valence-corrected chi connectivity index (χ4v) is 2.69. The lowest BCUT2D eigenvalue weighted by Gasteiger charge is -2.10. The average Bonchev–Trinajstić information content (AvgIpc) is 2.92. The number of hydrogen-bond donors (Lipinski definition) is 1. The summed E-state index contributed by atoms with van der Waals surface area (Å²) in [5.74, 6) is 2.34. The number of hydrogen-bond acceptors (Lipinski definition) is 4. The van der Waals surface area contributed by atoms with Crippen LogP contribution in [-0.4, -0.2) is 15.0 Å². The van der Waals surface area contributed by atoms with Crippen molar-refractivity contribution >= 4 is 5.95 Å². The Labute approximate surface area is 113 Å². The minimum absolute atomic E-state index is 0.327. The Morgan fingerprint density at radius 3 is 2.63 bits per heavy atom. The van der Waals surface area contributed by atoms with E-state index in [1.165, 1.54) is 18.4 Å². The van der Waals surface area contributed by atoms with Gasteiger partial charge in [0.25, 0.3) is 0 Å². The number of rotatable bonds is 2. The van der Waals surface area contributed by atoms with Gasteiger partial charge in [-0.25, -0.2) is 4.98 Å². The molecule has 2 N–H and O–H groups in total. The monoisotopic (exact) mass is 254 g/mol. The highest BCUT2D eigenvalue weighted by atomic mass is 15.1. The standard InChI is InChI=1S/C15H18N4/c1-10-5-4-8-12(9-10)14-17-13(18-15(16)19-14)11-6-2-3-7-11/h4-5,8-9,11H,2-3,6-7H2,1H3,(H2,16,17,18,19). The number of nitrogens with two attached hydrogens (primary N) is 1. The largest absolute Gasteiger partial charge is 0.368 e. The van der Waals surface area contributed by atoms with Crippen LogP contribution in [0.15, 0.2) is 24.3 Å². The van der Waals surface area contributed by atoms with E-state index < -0.39 is 0 Å². The highest BCUT2D eigenvalue weighted by Gasteiger charge is 2.21. The number of nitrogen functional groups attached to an aromatic ring is 1. The summed E-state index contributed by atoms with van der Waals surface area (Å²) < 4.78 is 0. The van der Waals surface area contributed by atoms with Crippen molar-refractivity contribution in [3.63, 3.8) is 0 Å². The molecule has 0 spiro atoms. The number of aromatic nitrogens is 3. The summed E-state index contributed by atoms with van der Waals surface area (Å²) >= 11 is 0. The molecule has 0 radical (unpaired) electrons. The highest BCUT2D eigenvalue weighted by molar-refractivity contribution is 5.56. The van der Waals surface area contributed by atoms with Crippen LogP contribution in [-0.2, 0) is 0 Å². The molecule has 1 aromatic carbocycles. The third kappa shape index (κ3) is 2.57. The van der Waals surface area contributed by atoms with Gasteiger partial charge in [0.2, 0.25) is 5.95 Å². The van der Waals surface area contributed by atoms with Gasteiger partial charge in [-0.05, 0) is 25.8 Å². The molecule has 4 nitrogen and oxygen atoms in total. The van der Waals surface area contributed by atoms with Gasteiger partial charge in [0.1, 0.15) is 5.82 Å². The van der Waals surface area contributed by atoms with Crippen molar-refractivity contribution in [2.45, 2.75) is 38.5 Å². The van der Waals surface area contributed by atoms with E-state index in [4.69, 9.17) is 5.73 Å². The van der Waals surface area contributed by atoms with Crippen molar-refractivity contribution in [1.82, 2.24) is 15.0 Å². The van der Waals surface area contributed by atoms with Gasteiger partial charge < -0.3 is 5.73 Å². The first-order valence-corrected chi connectivity index (χ1v) is 6.81. The zero-order valence-electron chi connectivity index (χ0n) is 11.1. The molecule has 98 valence electrons. The summed E-state index contributed by atoms with van der Waals surface area (Å²) in [7, 11) is 0. The van der Waals surface area contributed by atoms with Crippen LogP contribution < -0.4 is 5.73 Å².